The normalized spacial score (nSPS) is 10.4. The van der Waals surface area contributed by atoms with E-state index in [1.807, 2.05) is 0 Å². The van der Waals surface area contributed by atoms with E-state index < -0.39 is 34.4 Å². The number of nitriles is 1. The first-order chi connectivity index (χ1) is 8.88. The third-order valence-corrected chi connectivity index (χ3v) is 3.34. The van der Waals surface area contributed by atoms with Gasteiger partial charge < -0.3 is 20.4 Å². The first kappa shape index (κ1) is 13.2. The summed E-state index contributed by atoms with van der Waals surface area (Å²) in [5.74, 6) is -6.22. The standard InChI is InChI=1S/C10H4ClFN2O4S/c11-10-14-5(2(1-13)19-10)3-6(15)8(17)4(12)9(18)7(3)16/h15-18H. The molecule has 0 aliphatic carbocycles. The summed E-state index contributed by atoms with van der Waals surface area (Å²) in [6.45, 7) is 0. The van der Waals surface area contributed by atoms with Crippen molar-refractivity contribution in [1.29, 1.82) is 5.26 Å². The summed E-state index contributed by atoms with van der Waals surface area (Å²) in [7, 11) is 0. The molecule has 9 heteroatoms. The fourth-order valence-corrected chi connectivity index (χ4v) is 2.34. The molecule has 0 unspecified atom stereocenters. The number of nitrogens with zero attached hydrogens (tertiary/aromatic N) is 2. The quantitative estimate of drug-likeness (QED) is 0.474. The Labute approximate surface area is 114 Å². The minimum atomic E-state index is -1.58. The molecule has 0 radical (unpaired) electrons. The molecular formula is C10H4ClFN2O4S. The van der Waals surface area contributed by atoms with Gasteiger partial charge in [0.15, 0.2) is 27.5 Å². The van der Waals surface area contributed by atoms with Crippen LogP contribution in [0.25, 0.3) is 11.3 Å². The van der Waals surface area contributed by atoms with Crippen molar-refractivity contribution < 1.29 is 24.8 Å². The molecule has 0 fully saturated rings. The maximum Gasteiger partial charge on any atom is 0.214 e. The van der Waals surface area contributed by atoms with Crippen LogP contribution >= 0.6 is 22.9 Å². The predicted octanol–water partition coefficient (Wildman–Crippen LogP) is 2.30. The molecule has 0 atom stereocenters. The fourth-order valence-electron chi connectivity index (χ4n) is 1.43. The molecule has 1 aromatic carbocycles. The second-order valence-corrected chi connectivity index (χ2v) is 4.92. The van der Waals surface area contributed by atoms with Crippen molar-refractivity contribution in [2.24, 2.45) is 0 Å². The summed E-state index contributed by atoms with van der Waals surface area (Å²) in [5, 5.41) is 46.7. The molecule has 19 heavy (non-hydrogen) atoms. The largest absolute Gasteiger partial charge is 0.504 e. The van der Waals surface area contributed by atoms with Crippen molar-refractivity contribution in [2.75, 3.05) is 0 Å². The number of aromatic hydroxyl groups is 4. The van der Waals surface area contributed by atoms with Crippen LogP contribution in [0.2, 0.25) is 4.47 Å². The number of benzene rings is 1. The molecule has 0 amide bonds. The second kappa shape index (κ2) is 4.46. The average Bonchev–Trinajstić information content (AvgIpc) is 2.75. The second-order valence-electron chi connectivity index (χ2n) is 3.34. The van der Waals surface area contributed by atoms with Crippen molar-refractivity contribution in [3.63, 3.8) is 0 Å². The topological polar surface area (TPSA) is 118 Å². The Hall–Kier alpha value is -2.24. The summed E-state index contributed by atoms with van der Waals surface area (Å²) in [5.41, 5.74) is -0.839. The molecule has 98 valence electrons. The lowest BCUT2D eigenvalue weighted by atomic mass is 10.1. The number of phenols is 4. The van der Waals surface area contributed by atoms with E-state index in [0.29, 0.717) is 0 Å². The Balaban J connectivity index is 2.87. The van der Waals surface area contributed by atoms with Gasteiger partial charge >= 0.3 is 0 Å². The zero-order valence-corrected chi connectivity index (χ0v) is 10.4. The van der Waals surface area contributed by atoms with Crippen LogP contribution in [0.15, 0.2) is 0 Å². The summed E-state index contributed by atoms with van der Waals surface area (Å²) in [6, 6.07) is 1.72. The Kier molecular flexibility index (Phi) is 3.09. The molecule has 4 N–H and O–H groups in total. The number of halogens is 2. The minimum Gasteiger partial charge on any atom is -0.504 e. The van der Waals surface area contributed by atoms with Crippen molar-refractivity contribution in [2.45, 2.75) is 0 Å². The van der Waals surface area contributed by atoms with Crippen molar-refractivity contribution in [1.82, 2.24) is 4.98 Å². The lowest BCUT2D eigenvalue weighted by Crippen LogP contribution is -1.89. The summed E-state index contributed by atoms with van der Waals surface area (Å²) in [6.07, 6.45) is 0. The molecule has 1 aromatic heterocycles. The maximum atomic E-state index is 13.2. The van der Waals surface area contributed by atoms with Gasteiger partial charge in [0.1, 0.15) is 16.6 Å². The maximum absolute atomic E-state index is 13.2. The highest BCUT2D eigenvalue weighted by Crippen LogP contribution is 2.51. The SMILES string of the molecule is N#Cc1sc(Cl)nc1-c1c(O)c(O)c(F)c(O)c1O. The molecule has 2 aromatic rings. The first-order valence-corrected chi connectivity index (χ1v) is 5.80. The van der Waals surface area contributed by atoms with Gasteiger partial charge in [0.2, 0.25) is 5.82 Å². The monoisotopic (exact) mass is 302 g/mol. The fraction of sp³-hybridized carbons (Fsp3) is 0. The van der Waals surface area contributed by atoms with E-state index in [9.17, 15) is 24.8 Å². The van der Waals surface area contributed by atoms with E-state index in [1.54, 1.807) is 6.07 Å². The third-order valence-electron chi connectivity index (χ3n) is 2.28. The van der Waals surface area contributed by atoms with Crippen LogP contribution in [0.1, 0.15) is 4.88 Å². The third kappa shape index (κ3) is 1.89. The van der Waals surface area contributed by atoms with Gasteiger partial charge in [-0.15, -0.1) is 0 Å². The van der Waals surface area contributed by atoms with E-state index in [4.69, 9.17) is 16.9 Å². The van der Waals surface area contributed by atoms with E-state index >= 15 is 0 Å². The van der Waals surface area contributed by atoms with Crippen molar-refractivity contribution >= 4 is 22.9 Å². The molecule has 2 rings (SSSR count). The van der Waals surface area contributed by atoms with Crippen LogP contribution in [-0.4, -0.2) is 25.4 Å². The molecule has 0 saturated heterocycles. The van der Waals surface area contributed by atoms with Crippen molar-refractivity contribution in [3.05, 3.63) is 15.2 Å². The van der Waals surface area contributed by atoms with Crippen LogP contribution in [0.3, 0.4) is 0 Å². The van der Waals surface area contributed by atoms with Gasteiger partial charge in [0.05, 0.1) is 5.56 Å². The number of hydrogen-bond acceptors (Lipinski definition) is 7. The number of thiazole rings is 1. The van der Waals surface area contributed by atoms with Gasteiger partial charge in [0.25, 0.3) is 0 Å². The highest BCUT2D eigenvalue weighted by molar-refractivity contribution is 7.16. The van der Waals surface area contributed by atoms with Crippen LogP contribution in [0.5, 0.6) is 23.0 Å². The number of phenolic OH excluding ortho intramolecular Hbond substituents is 4. The van der Waals surface area contributed by atoms with Crippen LogP contribution in [0, 0.1) is 17.1 Å². The highest BCUT2D eigenvalue weighted by Gasteiger charge is 2.28. The lowest BCUT2D eigenvalue weighted by molar-refractivity contribution is 0.338. The van der Waals surface area contributed by atoms with Gasteiger partial charge in [-0.05, 0) is 0 Å². The smallest absolute Gasteiger partial charge is 0.214 e. The predicted molar refractivity (Wildman–Crippen MR) is 63.9 cm³/mol. The number of aromatic nitrogens is 1. The Morgan fingerprint density at radius 2 is 1.63 bits per heavy atom. The zero-order valence-electron chi connectivity index (χ0n) is 8.85. The summed E-state index contributed by atoms with van der Waals surface area (Å²) < 4.78 is 13.1. The van der Waals surface area contributed by atoms with E-state index in [-0.39, 0.29) is 15.0 Å². The van der Waals surface area contributed by atoms with Gasteiger partial charge in [-0.1, -0.05) is 22.9 Å². The van der Waals surface area contributed by atoms with E-state index in [0.717, 1.165) is 11.3 Å². The van der Waals surface area contributed by atoms with Gasteiger partial charge in [-0.3, -0.25) is 0 Å². The lowest BCUT2D eigenvalue weighted by Gasteiger charge is -2.10. The Morgan fingerprint density at radius 3 is 2.11 bits per heavy atom. The van der Waals surface area contributed by atoms with Crippen LogP contribution < -0.4 is 0 Å². The molecule has 0 aliphatic rings. The van der Waals surface area contributed by atoms with Gasteiger partial charge in [-0.25, -0.2) is 4.98 Å². The van der Waals surface area contributed by atoms with Crippen LogP contribution in [0.4, 0.5) is 4.39 Å². The number of hydrogen-bond donors (Lipinski definition) is 4. The van der Waals surface area contributed by atoms with Crippen LogP contribution in [-0.2, 0) is 0 Å². The molecule has 0 bridgehead atoms. The summed E-state index contributed by atoms with van der Waals surface area (Å²) >= 11 is 6.36. The van der Waals surface area contributed by atoms with Gasteiger partial charge in [-0.2, -0.15) is 9.65 Å². The molecule has 6 nitrogen and oxygen atoms in total. The zero-order chi connectivity index (χ0) is 14.3. The van der Waals surface area contributed by atoms with E-state index in [2.05, 4.69) is 4.98 Å². The summed E-state index contributed by atoms with van der Waals surface area (Å²) in [4.78, 5) is 3.60. The molecular weight excluding hydrogens is 299 g/mol. The first-order valence-electron chi connectivity index (χ1n) is 4.60. The molecule has 0 saturated carbocycles. The molecule has 0 spiro atoms. The Bertz CT molecular complexity index is 696. The minimum absolute atomic E-state index is 0.0614. The van der Waals surface area contributed by atoms with Gasteiger partial charge in [0, 0.05) is 0 Å². The average molecular weight is 303 g/mol. The highest BCUT2D eigenvalue weighted by atomic mass is 35.5. The molecule has 1 heterocycles. The Morgan fingerprint density at radius 1 is 1.11 bits per heavy atom. The number of rotatable bonds is 1. The van der Waals surface area contributed by atoms with Crippen molar-refractivity contribution in [3.8, 4) is 40.3 Å². The van der Waals surface area contributed by atoms with E-state index in [1.165, 1.54) is 0 Å². The molecule has 0 aliphatic heterocycles.